The predicted molar refractivity (Wildman–Crippen MR) is 61.8 cm³/mol. The summed E-state index contributed by atoms with van der Waals surface area (Å²) in [6, 6.07) is 9.75. The van der Waals surface area contributed by atoms with Crippen LogP contribution in [0.15, 0.2) is 24.3 Å². The van der Waals surface area contributed by atoms with Crippen LogP contribution in [-0.2, 0) is 0 Å². The standard InChI is InChI=1S/C13H16N2O/c14-8-10-4-6-11(7-5-10)13(16)9-15-12-2-1-3-12/h4-7,12-13,15-16H,1-3,9H2. The second-order valence-electron chi connectivity index (χ2n) is 4.29. The molecule has 0 amide bonds. The summed E-state index contributed by atoms with van der Waals surface area (Å²) in [6.45, 7) is 0.594. The SMILES string of the molecule is N#Cc1ccc(C(O)CNC2CCC2)cc1. The number of hydrogen-bond donors (Lipinski definition) is 2. The highest BCUT2D eigenvalue weighted by molar-refractivity contribution is 5.32. The Hall–Kier alpha value is -1.37. The minimum atomic E-state index is -0.478. The van der Waals surface area contributed by atoms with E-state index in [0.717, 1.165) is 5.56 Å². The molecule has 0 spiro atoms. The number of aliphatic hydroxyl groups excluding tert-OH is 1. The zero-order valence-electron chi connectivity index (χ0n) is 9.19. The molecule has 84 valence electrons. The maximum absolute atomic E-state index is 9.91. The van der Waals surface area contributed by atoms with Gasteiger partial charge in [0.15, 0.2) is 0 Å². The third kappa shape index (κ3) is 2.60. The molecule has 0 aliphatic heterocycles. The normalized spacial score (nSPS) is 17.5. The van der Waals surface area contributed by atoms with Crippen molar-refractivity contribution >= 4 is 0 Å². The fourth-order valence-corrected chi connectivity index (χ4v) is 1.79. The van der Waals surface area contributed by atoms with Gasteiger partial charge in [0.2, 0.25) is 0 Å². The summed E-state index contributed by atoms with van der Waals surface area (Å²) in [5, 5.41) is 21.9. The lowest BCUT2D eigenvalue weighted by molar-refractivity contribution is 0.161. The first kappa shape index (κ1) is 11.1. The van der Waals surface area contributed by atoms with Crippen LogP contribution in [0.4, 0.5) is 0 Å². The zero-order valence-corrected chi connectivity index (χ0v) is 9.19. The minimum Gasteiger partial charge on any atom is -0.387 e. The topological polar surface area (TPSA) is 56.0 Å². The van der Waals surface area contributed by atoms with Gasteiger partial charge in [-0.3, -0.25) is 0 Å². The van der Waals surface area contributed by atoms with Crippen LogP contribution >= 0.6 is 0 Å². The molecule has 0 bridgehead atoms. The van der Waals surface area contributed by atoms with E-state index in [4.69, 9.17) is 5.26 Å². The maximum atomic E-state index is 9.91. The van der Waals surface area contributed by atoms with Crippen LogP contribution in [0, 0.1) is 11.3 Å². The molecule has 0 aromatic heterocycles. The van der Waals surface area contributed by atoms with Gasteiger partial charge in [-0.25, -0.2) is 0 Å². The van der Waals surface area contributed by atoms with Crippen molar-refractivity contribution in [3.05, 3.63) is 35.4 Å². The van der Waals surface area contributed by atoms with Gasteiger partial charge in [-0.2, -0.15) is 5.26 Å². The molecule has 1 aromatic carbocycles. The molecule has 1 fully saturated rings. The molecule has 0 saturated heterocycles. The molecule has 0 radical (unpaired) electrons. The number of benzene rings is 1. The van der Waals surface area contributed by atoms with Crippen molar-refractivity contribution < 1.29 is 5.11 Å². The number of nitriles is 1. The van der Waals surface area contributed by atoms with E-state index in [1.165, 1.54) is 19.3 Å². The Labute approximate surface area is 95.7 Å². The molecule has 3 nitrogen and oxygen atoms in total. The van der Waals surface area contributed by atoms with Gasteiger partial charge in [-0.15, -0.1) is 0 Å². The van der Waals surface area contributed by atoms with E-state index in [-0.39, 0.29) is 0 Å². The summed E-state index contributed by atoms with van der Waals surface area (Å²) in [5.74, 6) is 0. The molecule has 16 heavy (non-hydrogen) atoms. The molecule has 0 heterocycles. The van der Waals surface area contributed by atoms with Gasteiger partial charge in [0.25, 0.3) is 0 Å². The van der Waals surface area contributed by atoms with Gasteiger partial charge in [-0.1, -0.05) is 18.6 Å². The molecule has 1 aliphatic rings. The van der Waals surface area contributed by atoms with Crippen molar-refractivity contribution in [3.63, 3.8) is 0 Å². The first-order chi connectivity index (χ1) is 7.79. The van der Waals surface area contributed by atoms with Gasteiger partial charge in [0.05, 0.1) is 17.7 Å². The Kier molecular flexibility index (Phi) is 3.55. The lowest BCUT2D eigenvalue weighted by Gasteiger charge is -2.27. The molecular formula is C13H16N2O. The second kappa shape index (κ2) is 5.11. The summed E-state index contributed by atoms with van der Waals surface area (Å²) >= 11 is 0. The quantitative estimate of drug-likeness (QED) is 0.806. The second-order valence-corrected chi connectivity index (χ2v) is 4.29. The Morgan fingerprint density at radius 2 is 2.06 bits per heavy atom. The van der Waals surface area contributed by atoms with Crippen LogP contribution in [0.3, 0.4) is 0 Å². The summed E-state index contributed by atoms with van der Waals surface area (Å²) in [6.07, 6.45) is 3.26. The van der Waals surface area contributed by atoms with Crippen molar-refractivity contribution in [3.8, 4) is 6.07 Å². The van der Waals surface area contributed by atoms with E-state index in [1.54, 1.807) is 12.1 Å². The Bertz CT molecular complexity index is 376. The molecule has 2 rings (SSSR count). The van der Waals surface area contributed by atoms with Crippen molar-refractivity contribution in [1.82, 2.24) is 5.32 Å². The van der Waals surface area contributed by atoms with Gasteiger partial charge in [0, 0.05) is 12.6 Å². The monoisotopic (exact) mass is 216 g/mol. The van der Waals surface area contributed by atoms with Crippen molar-refractivity contribution in [1.29, 1.82) is 5.26 Å². The number of aliphatic hydroxyl groups is 1. The van der Waals surface area contributed by atoms with E-state index >= 15 is 0 Å². The van der Waals surface area contributed by atoms with Crippen LogP contribution in [-0.4, -0.2) is 17.7 Å². The first-order valence-electron chi connectivity index (χ1n) is 5.71. The summed E-state index contributed by atoms with van der Waals surface area (Å²) < 4.78 is 0. The van der Waals surface area contributed by atoms with E-state index in [9.17, 15) is 5.11 Å². The van der Waals surface area contributed by atoms with Gasteiger partial charge < -0.3 is 10.4 Å². The van der Waals surface area contributed by atoms with Crippen molar-refractivity contribution in [2.45, 2.75) is 31.4 Å². The molecular weight excluding hydrogens is 200 g/mol. The molecule has 2 N–H and O–H groups in total. The lowest BCUT2D eigenvalue weighted by atomic mass is 9.93. The van der Waals surface area contributed by atoms with Gasteiger partial charge >= 0.3 is 0 Å². The molecule has 3 heteroatoms. The van der Waals surface area contributed by atoms with Crippen LogP contribution in [0.1, 0.15) is 36.5 Å². The number of nitrogens with zero attached hydrogens (tertiary/aromatic N) is 1. The third-order valence-electron chi connectivity index (χ3n) is 3.13. The smallest absolute Gasteiger partial charge is 0.0991 e. The molecule has 1 aromatic rings. The molecule has 1 saturated carbocycles. The van der Waals surface area contributed by atoms with Crippen LogP contribution < -0.4 is 5.32 Å². The van der Waals surface area contributed by atoms with Crippen LogP contribution in [0.25, 0.3) is 0 Å². The predicted octanol–water partition coefficient (Wildman–Crippen LogP) is 1.73. The number of nitrogens with one attached hydrogen (secondary N) is 1. The number of hydrogen-bond acceptors (Lipinski definition) is 3. The van der Waals surface area contributed by atoms with Gasteiger partial charge in [-0.05, 0) is 30.5 Å². The summed E-state index contributed by atoms with van der Waals surface area (Å²) in [5.41, 5.74) is 1.49. The van der Waals surface area contributed by atoms with E-state index < -0.39 is 6.10 Å². The fourth-order valence-electron chi connectivity index (χ4n) is 1.79. The largest absolute Gasteiger partial charge is 0.387 e. The van der Waals surface area contributed by atoms with Crippen LogP contribution in [0.5, 0.6) is 0 Å². The summed E-state index contributed by atoms with van der Waals surface area (Å²) in [4.78, 5) is 0. The molecule has 1 aliphatic carbocycles. The maximum Gasteiger partial charge on any atom is 0.0991 e. The van der Waals surface area contributed by atoms with Gasteiger partial charge in [0.1, 0.15) is 0 Å². The van der Waals surface area contributed by atoms with Crippen LogP contribution in [0.2, 0.25) is 0 Å². The van der Waals surface area contributed by atoms with E-state index in [1.807, 2.05) is 12.1 Å². The van der Waals surface area contributed by atoms with Crippen molar-refractivity contribution in [2.75, 3.05) is 6.54 Å². The van der Waals surface area contributed by atoms with Crippen molar-refractivity contribution in [2.24, 2.45) is 0 Å². The highest BCUT2D eigenvalue weighted by atomic mass is 16.3. The number of rotatable bonds is 4. The Morgan fingerprint density at radius 1 is 1.38 bits per heavy atom. The summed E-state index contributed by atoms with van der Waals surface area (Å²) in [7, 11) is 0. The fraction of sp³-hybridized carbons (Fsp3) is 0.462. The lowest BCUT2D eigenvalue weighted by Crippen LogP contribution is -2.37. The Balaban J connectivity index is 1.87. The highest BCUT2D eigenvalue weighted by Crippen LogP contribution is 2.19. The van der Waals surface area contributed by atoms with E-state index in [0.29, 0.717) is 18.2 Å². The zero-order chi connectivity index (χ0) is 11.4. The Morgan fingerprint density at radius 3 is 2.56 bits per heavy atom. The first-order valence-corrected chi connectivity index (χ1v) is 5.71. The third-order valence-corrected chi connectivity index (χ3v) is 3.13. The van der Waals surface area contributed by atoms with E-state index in [2.05, 4.69) is 11.4 Å². The highest BCUT2D eigenvalue weighted by Gasteiger charge is 2.18. The molecule has 1 atom stereocenters. The average Bonchev–Trinajstić information content (AvgIpc) is 2.27. The average molecular weight is 216 g/mol. The minimum absolute atomic E-state index is 0.478. The molecule has 1 unspecified atom stereocenters.